The Morgan fingerprint density at radius 3 is 3.09 bits per heavy atom. The van der Waals surface area contributed by atoms with Gasteiger partial charge in [-0.1, -0.05) is 18.2 Å². The second kappa shape index (κ2) is 5.06. The first-order valence-electron chi connectivity index (χ1n) is 8.44. The van der Waals surface area contributed by atoms with Crippen molar-refractivity contribution in [1.29, 1.82) is 0 Å². The summed E-state index contributed by atoms with van der Waals surface area (Å²) < 4.78 is 5.29. The summed E-state index contributed by atoms with van der Waals surface area (Å²) in [5.74, 6) is -0.356. The highest BCUT2D eigenvalue weighted by atomic mass is 16.5. The molecule has 0 saturated carbocycles. The molecule has 0 aliphatic carbocycles. The van der Waals surface area contributed by atoms with Crippen molar-refractivity contribution in [3.63, 3.8) is 0 Å². The number of aryl methyl sites for hydroxylation is 1. The Morgan fingerprint density at radius 1 is 1.48 bits per heavy atom. The molecular weight excluding hydrogens is 292 g/mol. The van der Waals surface area contributed by atoms with Crippen LogP contribution in [0.2, 0.25) is 0 Å². The Bertz CT molecular complexity index is 687. The summed E-state index contributed by atoms with van der Waals surface area (Å²) in [7, 11) is 0. The Kier molecular flexibility index (Phi) is 3.23. The zero-order valence-electron chi connectivity index (χ0n) is 13.6. The number of nitrogens with zero attached hydrogens (tertiary/aromatic N) is 1. The SMILES string of the molecule is CCOC(=O)[C@@H]1C[C@]2(C(=O)Nc3c(C)cccc32)N2CCC[C@H]12. The molecule has 2 saturated heterocycles. The number of nitrogens with one attached hydrogen (secondary N) is 1. The average Bonchev–Trinajstić information content (AvgIpc) is 3.17. The maximum Gasteiger partial charge on any atom is 0.310 e. The lowest BCUT2D eigenvalue weighted by Gasteiger charge is -2.32. The number of hydrogen-bond acceptors (Lipinski definition) is 4. The molecule has 3 heterocycles. The molecule has 3 atom stereocenters. The van der Waals surface area contributed by atoms with Crippen molar-refractivity contribution in [1.82, 2.24) is 4.90 Å². The van der Waals surface area contributed by atoms with Gasteiger partial charge in [0.05, 0.1) is 12.5 Å². The lowest BCUT2D eigenvalue weighted by atomic mass is 9.84. The summed E-state index contributed by atoms with van der Waals surface area (Å²) in [4.78, 5) is 27.7. The van der Waals surface area contributed by atoms with Crippen LogP contribution in [0.3, 0.4) is 0 Å². The summed E-state index contributed by atoms with van der Waals surface area (Å²) in [6, 6.07) is 6.16. The molecule has 2 fully saturated rings. The number of carbonyl (C=O) groups is 2. The zero-order valence-corrected chi connectivity index (χ0v) is 13.6. The Balaban J connectivity index is 1.81. The molecule has 5 heteroatoms. The van der Waals surface area contributed by atoms with Crippen molar-refractivity contribution < 1.29 is 14.3 Å². The molecular formula is C18H22N2O3. The van der Waals surface area contributed by atoms with E-state index in [2.05, 4.69) is 10.2 Å². The quantitative estimate of drug-likeness (QED) is 0.850. The highest BCUT2D eigenvalue weighted by molar-refractivity contribution is 6.07. The molecule has 1 aromatic carbocycles. The fraction of sp³-hybridized carbons (Fsp3) is 0.556. The van der Waals surface area contributed by atoms with E-state index in [1.54, 1.807) is 0 Å². The number of esters is 1. The van der Waals surface area contributed by atoms with Crippen LogP contribution in [-0.4, -0.2) is 36.0 Å². The van der Waals surface area contributed by atoms with E-state index in [-0.39, 0.29) is 23.8 Å². The second-order valence-electron chi connectivity index (χ2n) is 6.78. The summed E-state index contributed by atoms with van der Waals surface area (Å²) in [5, 5.41) is 3.07. The smallest absolute Gasteiger partial charge is 0.310 e. The van der Waals surface area contributed by atoms with Gasteiger partial charge in [0.15, 0.2) is 0 Å². The van der Waals surface area contributed by atoms with E-state index in [0.717, 1.165) is 36.2 Å². The van der Waals surface area contributed by atoms with Crippen LogP contribution in [0.5, 0.6) is 0 Å². The van der Waals surface area contributed by atoms with E-state index in [4.69, 9.17) is 4.74 Å². The molecule has 1 spiro atoms. The summed E-state index contributed by atoms with van der Waals surface area (Å²) in [5.41, 5.74) is 2.33. The Labute approximate surface area is 136 Å². The van der Waals surface area contributed by atoms with Gasteiger partial charge in [-0.25, -0.2) is 0 Å². The molecule has 1 aromatic rings. The number of carbonyl (C=O) groups excluding carboxylic acids is 2. The standard InChI is InChI=1S/C18H22N2O3/c1-3-23-16(21)12-10-18(20-9-5-8-14(12)20)13-7-4-6-11(2)15(13)19-17(18)22/h4,6-7,12,14H,3,5,8-10H2,1-2H3,(H,19,22)/t12-,14-,18+/m1/s1. The summed E-state index contributed by atoms with van der Waals surface area (Å²) in [6.07, 6.45) is 2.51. The monoisotopic (exact) mass is 314 g/mol. The van der Waals surface area contributed by atoms with Crippen LogP contribution in [0.15, 0.2) is 18.2 Å². The van der Waals surface area contributed by atoms with Crippen LogP contribution in [0.1, 0.15) is 37.3 Å². The van der Waals surface area contributed by atoms with Crippen LogP contribution in [0.4, 0.5) is 5.69 Å². The van der Waals surface area contributed by atoms with Gasteiger partial charge in [-0.05, 0) is 45.2 Å². The van der Waals surface area contributed by atoms with Gasteiger partial charge in [0.1, 0.15) is 5.54 Å². The van der Waals surface area contributed by atoms with Crippen molar-refractivity contribution >= 4 is 17.6 Å². The maximum absolute atomic E-state index is 13.0. The van der Waals surface area contributed by atoms with Crippen LogP contribution in [0.25, 0.3) is 0 Å². The Morgan fingerprint density at radius 2 is 2.30 bits per heavy atom. The molecule has 0 bridgehead atoms. The first-order chi connectivity index (χ1) is 11.1. The highest BCUT2D eigenvalue weighted by Crippen LogP contribution is 2.54. The normalized spacial score (nSPS) is 32.0. The third-order valence-electron chi connectivity index (χ3n) is 5.69. The minimum Gasteiger partial charge on any atom is -0.466 e. The number of benzene rings is 1. The molecule has 23 heavy (non-hydrogen) atoms. The molecule has 1 N–H and O–H groups in total. The third-order valence-corrected chi connectivity index (χ3v) is 5.69. The predicted molar refractivity (Wildman–Crippen MR) is 86.0 cm³/mol. The molecule has 3 aliphatic heterocycles. The first kappa shape index (κ1) is 14.7. The van der Waals surface area contributed by atoms with Crippen LogP contribution < -0.4 is 5.32 Å². The van der Waals surface area contributed by atoms with Crippen molar-refractivity contribution in [2.24, 2.45) is 5.92 Å². The molecule has 4 rings (SSSR count). The van der Waals surface area contributed by atoms with Gasteiger partial charge >= 0.3 is 5.97 Å². The summed E-state index contributed by atoms with van der Waals surface area (Å²) >= 11 is 0. The molecule has 0 aromatic heterocycles. The molecule has 1 amide bonds. The topological polar surface area (TPSA) is 58.6 Å². The molecule has 5 nitrogen and oxygen atoms in total. The van der Waals surface area contributed by atoms with Crippen molar-refractivity contribution in [3.8, 4) is 0 Å². The van der Waals surface area contributed by atoms with Crippen molar-refractivity contribution in [3.05, 3.63) is 29.3 Å². The molecule has 3 aliphatic rings. The number of fused-ring (bicyclic) bond motifs is 4. The second-order valence-corrected chi connectivity index (χ2v) is 6.78. The van der Waals surface area contributed by atoms with E-state index < -0.39 is 5.54 Å². The van der Waals surface area contributed by atoms with Gasteiger partial charge in [0.25, 0.3) is 0 Å². The maximum atomic E-state index is 13.0. The number of para-hydroxylation sites is 1. The van der Waals surface area contributed by atoms with Gasteiger partial charge in [-0.15, -0.1) is 0 Å². The van der Waals surface area contributed by atoms with E-state index in [1.807, 2.05) is 32.0 Å². The fourth-order valence-electron chi connectivity index (χ4n) is 4.75. The molecule has 0 radical (unpaired) electrons. The largest absolute Gasteiger partial charge is 0.466 e. The average molecular weight is 314 g/mol. The zero-order chi connectivity index (χ0) is 16.2. The summed E-state index contributed by atoms with van der Waals surface area (Å²) in [6.45, 7) is 5.09. The van der Waals surface area contributed by atoms with Gasteiger partial charge in [-0.3, -0.25) is 14.5 Å². The highest BCUT2D eigenvalue weighted by Gasteiger charge is 2.63. The molecule has 122 valence electrons. The minimum absolute atomic E-state index is 0.0144. The lowest BCUT2D eigenvalue weighted by molar-refractivity contribution is -0.148. The molecule has 0 unspecified atom stereocenters. The lowest BCUT2D eigenvalue weighted by Crippen LogP contribution is -2.47. The van der Waals surface area contributed by atoms with E-state index >= 15 is 0 Å². The first-order valence-corrected chi connectivity index (χ1v) is 8.44. The van der Waals surface area contributed by atoms with E-state index in [1.165, 1.54) is 0 Å². The van der Waals surface area contributed by atoms with Crippen LogP contribution in [0, 0.1) is 12.8 Å². The van der Waals surface area contributed by atoms with Crippen LogP contribution in [-0.2, 0) is 19.9 Å². The fourth-order valence-corrected chi connectivity index (χ4v) is 4.75. The van der Waals surface area contributed by atoms with Crippen molar-refractivity contribution in [2.75, 3.05) is 18.5 Å². The van der Waals surface area contributed by atoms with Gasteiger partial charge in [0.2, 0.25) is 5.91 Å². The Hall–Kier alpha value is -1.88. The van der Waals surface area contributed by atoms with Gasteiger partial charge in [0, 0.05) is 17.3 Å². The minimum atomic E-state index is -0.694. The van der Waals surface area contributed by atoms with Crippen molar-refractivity contribution in [2.45, 2.75) is 44.7 Å². The van der Waals surface area contributed by atoms with Gasteiger partial charge < -0.3 is 10.1 Å². The number of anilines is 1. The number of ether oxygens (including phenoxy) is 1. The van der Waals surface area contributed by atoms with E-state index in [9.17, 15) is 9.59 Å². The number of hydrogen-bond donors (Lipinski definition) is 1. The number of amides is 1. The predicted octanol–water partition coefficient (Wildman–Crippen LogP) is 2.19. The van der Waals surface area contributed by atoms with Crippen LogP contribution >= 0.6 is 0 Å². The number of rotatable bonds is 2. The third kappa shape index (κ3) is 1.83. The van der Waals surface area contributed by atoms with Gasteiger partial charge in [-0.2, -0.15) is 0 Å². The van der Waals surface area contributed by atoms with E-state index in [0.29, 0.717) is 13.0 Å².